The molecular formula is C18H17BrN4O. The van der Waals surface area contributed by atoms with E-state index in [0.717, 1.165) is 17.6 Å². The van der Waals surface area contributed by atoms with Crippen LogP contribution in [0.3, 0.4) is 0 Å². The summed E-state index contributed by atoms with van der Waals surface area (Å²) in [4.78, 5) is 16.4. The van der Waals surface area contributed by atoms with Crippen molar-refractivity contribution in [2.75, 3.05) is 36.4 Å². The van der Waals surface area contributed by atoms with Crippen molar-refractivity contribution in [3.8, 4) is 6.07 Å². The van der Waals surface area contributed by atoms with Gasteiger partial charge in [-0.15, -0.1) is 0 Å². The van der Waals surface area contributed by atoms with Crippen molar-refractivity contribution in [1.82, 2.24) is 4.90 Å². The van der Waals surface area contributed by atoms with Crippen LogP contribution in [0.25, 0.3) is 0 Å². The van der Waals surface area contributed by atoms with Gasteiger partial charge in [-0.25, -0.2) is 4.79 Å². The number of rotatable bonds is 2. The molecule has 5 nitrogen and oxygen atoms in total. The highest BCUT2D eigenvalue weighted by atomic mass is 79.9. The Bertz CT molecular complexity index is 744. The minimum Gasteiger partial charge on any atom is -0.368 e. The van der Waals surface area contributed by atoms with E-state index in [-0.39, 0.29) is 6.03 Å². The largest absolute Gasteiger partial charge is 0.368 e. The Labute approximate surface area is 149 Å². The molecule has 1 heterocycles. The van der Waals surface area contributed by atoms with E-state index in [0.29, 0.717) is 24.3 Å². The summed E-state index contributed by atoms with van der Waals surface area (Å²) < 4.78 is 1.06. The third-order valence-electron chi connectivity index (χ3n) is 4.02. The van der Waals surface area contributed by atoms with Crippen LogP contribution in [0, 0.1) is 11.3 Å². The molecule has 1 aliphatic rings. The molecule has 2 aromatic carbocycles. The molecule has 1 saturated heterocycles. The first-order valence-corrected chi connectivity index (χ1v) is 8.51. The molecule has 122 valence electrons. The molecule has 6 heteroatoms. The number of piperazine rings is 1. The number of hydrogen-bond donors (Lipinski definition) is 1. The lowest BCUT2D eigenvalue weighted by atomic mass is 10.2. The summed E-state index contributed by atoms with van der Waals surface area (Å²) in [7, 11) is 0. The summed E-state index contributed by atoms with van der Waals surface area (Å²) >= 11 is 3.44. The van der Waals surface area contributed by atoms with Gasteiger partial charge in [0.25, 0.3) is 0 Å². The second-order valence-corrected chi connectivity index (χ2v) is 6.49. The van der Waals surface area contributed by atoms with Crippen molar-refractivity contribution in [3.05, 3.63) is 58.6 Å². The molecule has 0 unspecified atom stereocenters. The Morgan fingerprint density at radius 1 is 1.00 bits per heavy atom. The highest BCUT2D eigenvalue weighted by Crippen LogP contribution is 2.20. The molecule has 1 aliphatic heterocycles. The maximum absolute atomic E-state index is 12.3. The molecule has 3 rings (SSSR count). The van der Waals surface area contributed by atoms with E-state index in [1.165, 1.54) is 5.69 Å². The van der Waals surface area contributed by atoms with Gasteiger partial charge in [-0.05, 0) is 48.5 Å². The van der Waals surface area contributed by atoms with Gasteiger partial charge in [-0.3, -0.25) is 0 Å². The van der Waals surface area contributed by atoms with Gasteiger partial charge in [-0.1, -0.05) is 15.9 Å². The number of carbonyl (C=O) groups is 1. The lowest BCUT2D eigenvalue weighted by Crippen LogP contribution is -2.50. The van der Waals surface area contributed by atoms with Crippen LogP contribution in [-0.2, 0) is 0 Å². The molecule has 2 aromatic rings. The molecule has 24 heavy (non-hydrogen) atoms. The summed E-state index contributed by atoms with van der Waals surface area (Å²) in [5.74, 6) is 0. The van der Waals surface area contributed by atoms with E-state index < -0.39 is 0 Å². The minimum atomic E-state index is -0.102. The quantitative estimate of drug-likeness (QED) is 0.858. The fourth-order valence-electron chi connectivity index (χ4n) is 2.65. The number of nitrogens with one attached hydrogen (secondary N) is 1. The third kappa shape index (κ3) is 3.87. The van der Waals surface area contributed by atoms with Gasteiger partial charge in [0, 0.05) is 42.0 Å². The molecule has 1 N–H and O–H groups in total. The second-order valence-electron chi connectivity index (χ2n) is 5.57. The highest BCUT2D eigenvalue weighted by molar-refractivity contribution is 9.10. The molecule has 0 bridgehead atoms. The zero-order valence-electron chi connectivity index (χ0n) is 13.1. The average molecular weight is 385 g/mol. The van der Waals surface area contributed by atoms with Gasteiger partial charge in [0.1, 0.15) is 0 Å². The standard InChI is InChI=1S/C18H17BrN4O/c19-15-3-7-17(8-4-15)22-9-11-23(12-10-22)18(24)21-16-5-1-14(13-20)2-6-16/h1-8H,9-12H2,(H,21,24). The lowest BCUT2D eigenvalue weighted by Gasteiger charge is -2.36. The first-order chi connectivity index (χ1) is 11.7. The van der Waals surface area contributed by atoms with Crippen LogP contribution in [-0.4, -0.2) is 37.1 Å². The molecule has 0 spiro atoms. The van der Waals surface area contributed by atoms with Crippen LogP contribution >= 0.6 is 15.9 Å². The number of nitrogens with zero attached hydrogens (tertiary/aromatic N) is 3. The number of benzene rings is 2. The van der Waals surface area contributed by atoms with E-state index in [4.69, 9.17) is 5.26 Å². The fraction of sp³-hybridized carbons (Fsp3) is 0.222. The number of anilines is 2. The molecule has 0 saturated carbocycles. The molecule has 2 amide bonds. The molecule has 0 aliphatic carbocycles. The van der Waals surface area contributed by atoms with E-state index in [1.54, 1.807) is 24.3 Å². The fourth-order valence-corrected chi connectivity index (χ4v) is 2.91. The monoisotopic (exact) mass is 384 g/mol. The predicted molar refractivity (Wildman–Crippen MR) is 98.1 cm³/mol. The van der Waals surface area contributed by atoms with E-state index in [9.17, 15) is 4.79 Å². The molecule has 1 fully saturated rings. The first kappa shape index (κ1) is 16.3. The van der Waals surface area contributed by atoms with Gasteiger partial charge in [0.05, 0.1) is 11.6 Å². The van der Waals surface area contributed by atoms with Gasteiger partial charge in [0.2, 0.25) is 0 Å². The van der Waals surface area contributed by atoms with Crippen molar-refractivity contribution in [1.29, 1.82) is 5.26 Å². The Balaban J connectivity index is 1.54. The van der Waals surface area contributed by atoms with Crippen molar-refractivity contribution in [3.63, 3.8) is 0 Å². The number of hydrogen-bond acceptors (Lipinski definition) is 3. The van der Waals surface area contributed by atoms with Crippen molar-refractivity contribution < 1.29 is 4.79 Å². The summed E-state index contributed by atoms with van der Waals surface area (Å²) in [6, 6.07) is 17.1. The van der Waals surface area contributed by atoms with Gasteiger partial charge in [-0.2, -0.15) is 5.26 Å². The number of carbonyl (C=O) groups excluding carboxylic acids is 1. The zero-order chi connectivity index (χ0) is 16.9. The molecule has 0 radical (unpaired) electrons. The molecular weight excluding hydrogens is 368 g/mol. The lowest BCUT2D eigenvalue weighted by molar-refractivity contribution is 0.208. The van der Waals surface area contributed by atoms with Crippen LogP contribution in [0.5, 0.6) is 0 Å². The maximum atomic E-state index is 12.3. The van der Waals surface area contributed by atoms with E-state index in [1.807, 2.05) is 17.0 Å². The Morgan fingerprint density at radius 3 is 2.21 bits per heavy atom. The smallest absolute Gasteiger partial charge is 0.321 e. The molecule has 0 aromatic heterocycles. The maximum Gasteiger partial charge on any atom is 0.321 e. The van der Waals surface area contributed by atoms with E-state index in [2.05, 4.69) is 44.3 Å². The Hall–Kier alpha value is -2.52. The van der Waals surface area contributed by atoms with Crippen LogP contribution in [0.4, 0.5) is 16.2 Å². The van der Waals surface area contributed by atoms with Crippen molar-refractivity contribution >= 4 is 33.3 Å². The van der Waals surface area contributed by atoms with Crippen LogP contribution < -0.4 is 10.2 Å². The zero-order valence-corrected chi connectivity index (χ0v) is 14.7. The van der Waals surface area contributed by atoms with Gasteiger partial charge >= 0.3 is 6.03 Å². The SMILES string of the molecule is N#Cc1ccc(NC(=O)N2CCN(c3ccc(Br)cc3)CC2)cc1. The van der Waals surface area contributed by atoms with Crippen LogP contribution in [0.2, 0.25) is 0 Å². The molecule has 0 atom stereocenters. The Morgan fingerprint density at radius 2 is 1.62 bits per heavy atom. The normalized spacial score (nSPS) is 14.2. The van der Waals surface area contributed by atoms with Crippen LogP contribution in [0.15, 0.2) is 53.0 Å². The summed E-state index contributed by atoms with van der Waals surface area (Å²) in [5.41, 5.74) is 2.45. The van der Waals surface area contributed by atoms with Crippen LogP contribution in [0.1, 0.15) is 5.56 Å². The minimum absolute atomic E-state index is 0.102. The highest BCUT2D eigenvalue weighted by Gasteiger charge is 2.21. The summed E-state index contributed by atoms with van der Waals surface area (Å²) in [6.07, 6.45) is 0. The van der Waals surface area contributed by atoms with Gasteiger partial charge in [0.15, 0.2) is 0 Å². The second kappa shape index (κ2) is 7.37. The van der Waals surface area contributed by atoms with E-state index >= 15 is 0 Å². The van der Waals surface area contributed by atoms with Gasteiger partial charge < -0.3 is 15.1 Å². The number of halogens is 1. The number of nitriles is 1. The average Bonchev–Trinajstić information content (AvgIpc) is 2.63. The predicted octanol–water partition coefficient (Wildman–Crippen LogP) is 3.67. The number of amides is 2. The van der Waals surface area contributed by atoms with Crippen molar-refractivity contribution in [2.24, 2.45) is 0 Å². The number of urea groups is 1. The first-order valence-electron chi connectivity index (χ1n) is 7.72. The summed E-state index contributed by atoms with van der Waals surface area (Å²) in [5, 5.41) is 11.7. The van der Waals surface area contributed by atoms with Crippen molar-refractivity contribution in [2.45, 2.75) is 0 Å². The summed E-state index contributed by atoms with van der Waals surface area (Å²) in [6.45, 7) is 2.97. The Kier molecular flexibility index (Phi) is 5.02. The third-order valence-corrected chi connectivity index (χ3v) is 4.55. The topological polar surface area (TPSA) is 59.4 Å².